The van der Waals surface area contributed by atoms with E-state index in [-0.39, 0.29) is 0 Å². The Morgan fingerprint density at radius 3 is 2.94 bits per heavy atom. The van der Waals surface area contributed by atoms with Gasteiger partial charge in [-0.2, -0.15) is 0 Å². The van der Waals surface area contributed by atoms with Gasteiger partial charge in [0.25, 0.3) is 0 Å². The molecule has 0 bridgehead atoms. The van der Waals surface area contributed by atoms with Crippen molar-refractivity contribution in [3.8, 4) is 0 Å². The fourth-order valence-corrected chi connectivity index (χ4v) is 2.26. The number of nitrogens with zero attached hydrogens (tertiary/aromatic N) is 1. The molecule has 0 spiro atoms. The summed E-state index contributed by atoms with van der Waals surface area (Å²) in [6, 6.07) is 8.68. The molecule has 3 nitrogen and oxygen atoms in total. The van der Waals surface area contributed by atoms with E-state index in [1.165, 1.54) is 22.9 Å². The molecule has 0 atom stereocenters. The molecule has 1 heterocycles. The minimum Gasteiger partial charge on any atom is -0.383 e. The topological polar surface area (TPSA) is 26.2 Å². The molecule has 0 saturated carbocycles. The molecule has 0 aliphatic rings. The van der Waals surface area contributed by atoms with E-state index in [2.05, 4.69) is 47.3 Å². The van der Waals surface area contributed by atoms with Crippen molar-refractivity contribution in [2.75, 3.05) is 20.3 Å². The molecule has 0 aliphatic heterocycles. The van der Waals surface area contributed by atoms with Crippen LogP contribution in [0, 0.1) is 0 Å². The van der Waals surface area contributed by atoms with E-state index in [0.29, 0.717) is 0 Å². The lowest BCUT2D eigenvalue weighted by molar-refractivity contribution is 0.188. The highest BCUT2D eigenvalue weighted by Gasteiger charge is 2.05. The predicted octanol–water partition coefficient (Wildman–Crippen LogP) is 2.79. The summed E-state index contributed by atoms with van der Waals surface area (Å²) in [4.78, 5) is 0. The van der Waals surface area contributed by atoms with Crippen LogP contribution in [-0.4, -0.2) is 24.8 Å². The number of nitrogens with one attached hydrogen (secondary N) is 1. The summed E-state index contributed by atoms with van der Waals surface area (Å²) < 4.78 is 7.45. The zero-order valence-electron chi connectivity index (χ0n) is 11.3. The van der Waals surface area contributed by atoms with Gasteiger partial charge in [0.05, 0.1) is 12.1 Å². The number of fused-ring (bicyclic) bond motifs is 1. The van der Waals surface area contributed by atoms with Gasteiger partial charge in [-0.25, -0.2) is 0 Å². The smallest absolute Gasteiger partial charge is 0.0641 e. The molecule has 0 fully saturated rings. The Hall–Kier alpha value is -1.32. The van der Waals surface area contributed by atoms with Crippen LogP contribution in [0.25, 0.3) is 10.9 Å². The number of ether oxygens (including phenoxy) is 1. The van der Waals surface area contributed by atoms with E-state index in [9.17, 15) is 0 Å². The van der Waals surface area contributed by atoms with Crippen LogP contribution in [0.5, 0.6) is 0 Å². The van der Waals surface area contributed by atoms with Crippen LogP contribution in [0.2, 0.25) is 0 Å². The Bertz CT molecular complexity index is 490. The summed E-state index contributed by atoms with van der Waals surface area (Å²) in [7, 11) is 1.75. The first kappa shape index (κ1) is 13.1. The van der Waals surface area contributed by atoms with Gasteiger partial charge in [0.15, 0.2) is 0 Å². The third-order valence-electron chi connectivity index (χ3n) is 3.15. The van der Waals surface area contributed by atoms with Gasteiger partial charge in [-0.15, -0.1) is 0 Å². The summed E-state index contributed by atoms with van der Waals surface area (Å²) in [6.07, 6.45) is 3.31. The lowest BCUT2D eigenvalue weighted by Gasteiger charge is -2.10. The Labute approximate surface area is 109 Å². The highest BCUT2D eigenvalue weighted by atomic mass is 16.5. The minimum atomic E-state index is 0.750. The molecular formula is C15H22N2O. The van der Waals surface area contributed by atoms with Gasteiger partial charge in [-0.3, -0.25) is 0 Å². The highest BCUT2D eigenvalue weighted by molar-refractivity contribution is 5.83. The summed E-state index contributed by atoms with van der Waals surface area (Å²) in [5, 5.41) is 4.78. The molecule has 0 radical (unpaired) electrons. The third kappa shape index (κ3) is 2.92. The van der Waals surface area contributed by atoms with Gasteiger partial charge in [-0.1, -0.05) is 25.1 Å². The second-order valence-corrected chi connectivity index (χ2v) is 4.53. The van der Waals surface area contributed by atoms with E-state index in [1.807, 2.05) is 0 Å². The molecule has 1 aromatic carbocycles. The average molecular weight is 246 g/mol. The van der Waals surface area contributed by atoms with Gasteiger partial charge in [0.1, 0.15) is 0 Å². The molecule has 0 amide bonds. The molecule has 1 N–H and O–H groups in total. The summed E-state index contributed by atoms with van der Waals surface area (Å²) >= 11 is 0. The second-order valence-electron chi connectivity index (χ2n) is 4.53. The maximum Gasteiger partial charge on any atom is 0.0641 e. The second kappa shape index (κ2) is 6.57. The van der Waals surface area contributed by atoms with Crippen LogP contribution in [0.4, 0.5) is 0 Å². The molecule has 2 aromatic rings. The maximum absolute atomic E-state index is 5.17. The standard InChI is InChI=1S/C15H22N2O/c1-3-8-16-12-14-6-4-5-13-7-9-17(15(13)14)10-11-18-2/h4-7,9,16H,3,8,10-12H2,1-2H3. The van der Waals surface area contributed by atoms with Crippen molar-refractivity contribution in [3.63, 3.8) is 0 Å². The summed E-state index contributed by atoms with van der Waals surface area (Å²) in [5.74, 6) is 0. The SMILES string of the molecule is CCCNCc1cccc2ccn(CCOC)c12. The monoisotopic (exact) mass is 246 g/mol. The van der Waals surface area contributed by atoms with Crippen LogP contribution >= 0.6 is 0 Å². The fourth-order valence-electron chi connectivity index (χ4n) is 2.26. The molecular weight excluding hydrogens is 224 g/mol. The molecule has 0 unspecified atom stereocenters. The first-order valence-electron chi connectivity index (χ1n) is 6.63. The maximum atomic E-state index is 5.17. The van der Waals surface area contributed by atoms with Crippen molar-refractivity contribution in [2.45, 2.75) is 26.4 Å². The first-order chi connectivity index (χ1) is 8.86. The Balaban J connectivity index is 2.24. The third-order valence-corrected chi connectivity index (χ3v) is 3.15. The Morgan fingerprint density at radius 1 is 1.28 bits per heavy atom. The number of rotatable bonds is 7. The number of methoxy groups -OCH3 is 1. The van der Waals surface area contributed by atoms with E-state index in [4.69, 9.17) is 4.74 Å². The molecule has 3 heteroatoms. The van der Waals surface area contributed by atoms with E-state index in [1.54, 1.807) is 7.11 Å². The van der Waals surface area contributed by atoms with Crippen LogP contribution in [-0.2, 0) is 17.8 Å². The van der Waals surface area contributed by atoms with Crippen molar-refractivity contribution in [1.29, 1.82) is 0 Å². The number of hydrogen-bond donors (Lipinski definition) is 1. The van der Waals surface area contributed by atoms with Crippen LogP contribution < -0.4 is 5.32 Å². The van der Waals surface area contributed by atoms with Crippen LogP contribution in [0.3, 0.4) is 0 Å². The van der Waals surface area contributed by atoms with Gasteiger partial charge in [0, 0.05) is 26.4 Å². The van der Waals surface area contributed by atoms with Gasteiger partial charge in [0.2, 0.25) is 0 Å². The van der Waals surface area contributed by atoms with Crippen molar-refractivity contribution < 1.29 is 4.74 Å². The zero-order valence-corrected chi connectivity index (χ0v) is 11.3. The van der Waals surface area contributed by atoms with Crippen molar-refractivity contribution >= 4 is 10.9 Å². The Kier molecular flexibility index (Phi) is 4.79. The van der Waals surface area contributed by atoms with E-state index < -0.39 is 0 Å². The summed E-state index contributed by atoms with van der Waals surface area (Å²) in [5.41, 5.74) is 2.69. The van der Waals surface area contributed by atoms with Crippen LogP contribution in [0.15, 0.2) is 30.5 Å². The largest absolute Gasteiger partial charge is 0.383 e. The van der Waals surface area contributed by atoms with Crippen molar-refractivity contribution in [1.82, 2.24) is 9.88 Å². The number of benzene rings is 1. The minimum absolute atomic E-state index is 0.750. The van der Waals surface area contributed by atoms with Crippen LogP contribution in [0.1, 0.15) is 18.9 Å². The quantitative estimate of drug-likeness (QED) is 0.760. The zero-order chi connectivity index (χ0) is 12.8. The fraction of sp³-hybridized carbons (Fsp3) is 0.467. The van der Waals surface area contributed by atoms with Gasteiger partial charge >= 0.3 is 0 Å². The predicted molar refractivity (Wildman–Crippen MR) is 75.8 cm³/mol. The number of aromatic nitrogens is 1. The molecule has 1 aromatic heterocycles. The van der Waals surface area contributed by atoms with Crippen molar-refractivity contribution in [3.05, 3.63) is 36.0 Å². The summed E-state index contributed by atoms with van der Waals surface area (Å²) in [6.45, 7) is 5.84. The number of para-hydroxylation sites is 1. The normalized spacial score (nSPS) is 11.2. The Morgan fingerprint density at radius 2 is 2.17 bits per heavy atom. The highest BCUT2D eigenvalue weighted by Crippen LogP contribution is 2.20. The van der Waals surface area contributed by atoms with E-state index in [0.717, 1.165) is 26.2 Å². The van der Waals surface area contributed by atoms with Crippen molar-refractivity contribution in [2.24, 2.45) is 0 Å². The van der Waals surface area contributed by atoms with E-state index >= 15 is 0 Å². The lowest BCUT2D eigenvalue weighted by Crippen LogP contribution is -2.15. The first-order valence-corrected chi connectivity index (χ1v) is 6.63. The molecule has 0 aliphatic carbocycles. The van der Waals surface area contributed by atoms with Gasteiger partial charge in [-0.05, 0) is 30.0 Å². The lowest BCUT2D eigenvalue weighted by atomic mass is 10.1. The molecule has 2 rings (SSSR count). The molecule has 0 saturated heterocycles. The molecule has 98 valence electrons. The molecule has 18 heavy (non-hydrogen) atoms. The van der Waals surface area contributed by atoms with Gasteiger partial charge < -0.3 is 14.6 Å². The average Bonchev–Trinajstić information content (AvgIpc) is 2.81. The number of hydrogen-bond acceptors (Lipinski definition) is 2.